The minimum atomic E-state index is -0.509. The number of nitrogens with zero attached hydrogens (tertiary/aromatic N) is 1. The maximum absolute atomic E-state index is 12.1. The highest BCUT2D eigenvalue weighted by Gasteiger charge is 2.11. The average molecular weight is 310 g/mol. The molecule has 0 aliphatic carbocycles. The second-order valence-corrected chi connectivity index (χ2v) is 5.05. The molecule has 2 rings (SSSR count). The van der Waals surface area contributed by atoms with E-state index in [0.717, 1.165) is 0 Å². The summed E-state index contributed by atoms with van der Waals surface area (Å²) < 4.78 is 0. The van der Waals surface area contributed by atoms with Crippen LogP contribution in [0.25, 0.3) is 0 Å². The maximum atomic E-state index is 12.1. The zero-order valence-corrected chi connectivity index (χ0v) is 11.7. The number of Topliss-reactive ketones (excluding diaryl/α,β-unsaturated/α-hetero) is 1. The summed E-state index contributed by atoms with van der Waals surface area (Å²) in [5.74, 6) is -0.154. The number of benzene rings is 2. The van der Waals surface area contributed by atoms with Crippen LogP contribution in [0, 0.1) is 10.1 Å². The monoisotopic (exact) mass is 309 g/mol. The molecule has 6 heteroatoms. The number of ketones is 1. The molecule has 0 saturated heterocycles. The van der Waals surface area contributed by atoms with E-state index in [-0.39, 0.29) is 17.9 Å². The minimum absolute atomic E-state index is 0.0487. The molecule has 0 amide bonds. The highest BCUT2D eigenvalue weighted by atomic mass is 35.5. The van der Waals surface area contributed by atoms with E-state index in [2.05, 4.69) is 0 Å². The highest BCUT2D eigenvalue weighted by Crippen LogP contribution is 2.21. The number of non-ortho nitro benzene ring substituents is 1. The topological polar surface area (TPSA) is 60.2 Å². The Hall–Kier alpha value is -1.91. The minimum Gasteiger partial charge on any atom is -0.294 e. The zero-order chi connectivity index (χ0) is 14.7. The summed E-state index contributed by atoms with van der Waals surface area (Å²) in [4.78, 5) is 22.1. The quantitative estimate of drug-likeness (QED) is 0.480. The first-order valence-electron chi connectivity index (χ1n) is 5.68. The van der Waals surface area contributed by atoms with Gasteiger partial charge in [0.1, 0.15) is 0 Å². The maximum Gasteiger partial charge on any atom is 0.269 e. The van der Waals surface area contributed by atoms with Crippen molar-refractivity contribution in [2.45, 2.75) is 6.42 Å². The number of hydrogen-bond acceptors (Lipinski definition) is 3. The van der Waals surface area contributed by atoms with Gasteiger partial charge in [-0.2, -0.15) is 0 Å². The molecule has 0 unspecified atom stereocenters. The van der Waals surface area contributed by atoms with Gasteiger partial charge in [-0.1, -0.05) is 23.2 Å². The van der Waals surface area contributed by atoms with E-state index < -0.39 is 4.92 Å². The number of carbonyl (C=O) groups is 1. The van der Waals surface area contributed by atoms with Gasteiger partial charge >= 0.3 is 0 Å². The van der Waals surface area contributed by atoms with E-state index in [9.17, 15) is 14.9 Å². The van der Waals surface area contributed by atoms with Crippen LogP contribution in [-0.2, 0) is 6.42 Å². The van der Waals surface area contributed by atoms with Gasteiger partial charge in [0.2, 0.25) is 0 Å². The summed E-state index contributed by atoms with van der Waals surface area (Å²) >= 11 is 11.7. The summed E-state index contributed by atoms with van der Waals surface area (Å²) in [6.07, 6.45) is 0.137. The Kier molecular flexibility index (Phi) is 4.37. The van der Waals surface area contributed by atoms with Crippen LogP contribution in [0.4, 0.5) is 5.69 Å². The lowest BCUT2D eigenvalue weighted by atomic mass is 10.0. The van der Waals surface area contributed by atoms with Crippen LogP contribution < -0.4 is 0 Å². The predicted molar refractivity (Wildman–Crippen MR) is 77.6 cm³/mol. The summed E-state index contributed by atoms with van der Waals surface area (Å²) in [7, 11) is 0. The van der Waals surface area contributed by atoms with Gasteiger partial charge in [-0.25, -0.2) is 0 Å². The molecule has 0 saturated carbocycles. The number of rotatable bonds is 4. The van der Waals surface area contributed by atoms with Crippen molar-refractivity contribution in [3.8, 4) is 0 Å². The molecule has 20 heavy (non-hydrogen) atoms. The first-order valence-corrected chi connectivity index (χ1v) is 6.44. The molecule has 0 fully saturated rings. The van der Waals surface area contributed by atoms with Gasteiger partial charge in [0.15, 0.2) is 5.78 Å². The number of halogens is 2. The normalized spacial score (nSPS) is 10.3. The van der Waals surface area contributed by atoms with Crippen molar-refractivity contribution in [3.63, 3.8) is 0 Å². The van der Waals surface area contributed by atoms with Crippen molar-refractivity contribution in [2.75, 3.05) is 0 Å². The van der Waals surface area contributed by atoms with Crippen LogP contribution in [-0.4, -0.2) is 10.7 Å². The fourth-order valence-corrected chi connectivity index (χ4v) is 2.34. The van der Waals surface area contributed by atoms with Gasteiger partial charge in [0.05, 0.1) is 4.92 Å². The third-order valence-corrected chi connectivity index (χ3v) is 3.12. The van der Waals surface area contributed by atoms with Crippen molar-refractivity contribution in [1.29, 1.82) is 0 Å². The second kappa shape index (κ2) is 6.03. The Morgan fingerprint density at radius 3 is 2.10 bits per heavy atom. The van der Waals surface area contributed by atoms with Crippen LogP contribution >= 0.6 is 23.2 Å². The Balaban J connectivity index is 2.17. The van der Waals surface area contributed by atoms with E-state index in [1.54, 1.807) is 18.2 Å². The fraction of sp³-hybridized carbons (Fsp3) is 0.0714. The summed E-state index contributed by atoms with van der Waals surface area (Å²) in [5, 5.41) is 11.5. The predicted octanol–water partition coefficient (Wildman–Crippen LogP) is 4.33. The van der Waals surface area contributed by atoms with Crippen LogP contribution in [0.2, 0.25) is 10.0 Å². The summed E-state index contributed by atoms with van der Waals surface area (Å²) in [5.41, 5.74) is 1.06. The molecular weight excluding hydrogens is 301 g/mol. The largest absolute Gasteiger partial charge is 0.294 e. The van der Waals surface area contributed by atoms with E-state index in [4.69, 9.17) is 23.2 Å². The van der Waals surface area contributed by atoms with Gasteiger partial charge in [-0.15, -0.1) is 0 Å². The van der Waals surface area contributed by atoms with E-state index >= 15 is 0 Å². The van der Waals surface area contributed by atoms with Gasteiger partial charge in [0, 0.05) is 34.2 Å². The average Bonchev–Trinajstić information content (AvgIpc) is 2.37. The first kappa shape index (κ1) is 14.5. The Bertz CT molecular complexity index is 648. The number of carbonyl (C=O) groups excluding carboxylic acids is 1. The van der Waals surface area contributed by atoms with Crippen molar-refractivity contribution >= 4 is 34.7 Å². The number of nitro groups is 1. The van der Waals surface area contributed by atoms with Crippen LogP contribution in [0.3, 0.4) is 0 Å². The molecular formula is C14H9Cl2NO3. The van der Waals surface area contributed by atoms with Crippen molar-refractivity contribution in [2.24, 2.45) is 0 Å². The Labute approximate surface area is 125 Å². The van der Waals surface area contributed by atoms with Crippen LogP contribution in [0.1, 0.15) is 15.9 Å². The second-order valence-electron chi connectivity index (χ2n) is 4.18. The molecule has 0 aliphatic rings. The first-order chi connectivity index (χ1) is 9.45. The van der Waals surface area contributed by atoms with Crippen molar-refractivity contribution in [3.05, 3.63) is 73.8 Å². The lowest BCUT2D eigenvalue weighted by molar-refractivity contribution is -0.384. The fourth-order valence-electron chi connectivity index (χ4n) is 1.77. The van der Waals surface area contributed by atoms with Crippen LogP contribution in [0.15, 0.2) is 42.5 Å². The molecule has 0 atom stereocenters. The number of nitro benzene ring substituents is 1. The van der Waals surface area contributed by atoms with Crippen molar-refractivity contribution in [1.82, 2.24) is 0 Å². The highest BCUT2D eigenvalue weighted by molar-refractivity contribution is 6.34. The molecule has 0 radical (unpaired) electrons. The third-order valence-electron chi connectivity index (χ3n) is 2.69. The molecule has 0 bridgehead atoms. The molecule has 0 aliphatic heterocycles. The smallest absolute Gasteiger partial charge is 0.269 e. The Morgan fingerprint density at radius 1 is 1.05 bits per heavy atom. The van der Waals surface area contributed by atoms with Crippen LogP contribution in [0.5, 0.6) is 0 Å². The van der Waals surface area contributed by atoms with Gasteiger partial charge in [-0.3, -0.25) is 14.9 Å². The lowest BCUT2D eigenvalue weighted by Crippen LogP contribution is -2.03. The van der Waals surface area contributed by atoms with E-state index in [1.165, 1.54) is 24.3 Å². The SMILES string of the molecule is O=C(Cc1cc(Cl)cc(Cl)c1)c1ccc([N+](=O)[O-])cc1. The molecule has 0 heterocycles. The molecule has 2 aromatic carbocycles. The molecule has 0 N–H and O–H groups in total. The number of hydrogen-bond donors (Lipinski definition) is 0. The molecule has 4 nitrogen and oxygen atoms in total. The van der Waals surface area contributed by atoms with E-state index in [1.807, 2.05) is 0 Å². The lowest BCUT2D eigenvalue weighted by Gasteiger charge is -2.03. The standard InChI is InChI=1S/C14H9Cl2NO3/c15-11-5-9(6-12(16)8-11)7-14(18)10-1-3-13(4-2-10)17(19)20/h1-6,8H,7H2. The Morgan fingerprint density at radius 2 is 1.60 bits per heavy atom. The van der Waals surface area contributed by atoms with Gasteiger partial charge in [-0.05, 0) is 35.9 Å². The van der Waals surface area contributed by atoms with Gasteiger partial charge in [0.25, 0.3) is 5.69 Å². The molecule has 0 spiro atoms. The molecule has 0 aromatic heterocycles. The summed E-state index contributed by atoms with van der Waals surface area (Å²) in [6.45, 7) is 0. The van der Waals surface area contributed by atoms with Gasteiger partial charge < -0.3 is 0 Å². The molecule has 2 aromatic rings. The molecule has 102 valence electrons. The summed E-state index contributed by atoms with van der Waals surface area (Å²) in [6, 6.07) is 10.4. The van der Waals surface area contributed by atoms with E-state index in [0.29, 0.717) is 21.2 Å². The third kappa shape index (κ3) is 3.56. The zero-order valence-electron chi connectivity index (χ0n) is 10.2. The van der Waals surface area contributed by atoms with Crippen molar-refractivity contribution < 1.29 is 9.72 Å².